The first-order valence-corrected chi connectivity index (χ1v) is 11.2. The number of para-hydroxylation sites is 1. The summed E-state index contributed by atoms with van der Waals surface area (Å²) in [6.45, 7) is 9.94. The predicted octanol–water partition coefficient (Wildman–Crippen LogP) is 4.02. The van der Waals surface area contributed by atoms with E-state index in [2.05, 4.69) is 38.2 Å². The van der Waals surface area contributed by atoms with Gasteiger partial charge in [-0.05, 0) is 42.5 Å². The first-order valence-electron chi connectivity index (χ1n) is 9.36. The molecule has 2 aromatic carbocycles. The van der Waals surface area contributed by atoms with Gasteiger partial charge < -0.3 is 5.32 Å². The van der Waals surface area contributed by atoms with Crippen molar-refractivity contribution in [1.29, 1.82) is 0 Å². The average Bonchev–Trinajstić information content (AvgIpc) is 2.60. The second-order valence-electron chi connectivity index (χ2n) is 8.17. The minimum Gasteiger partial charge on any atom is -0.348 e. The molecule has 152 valence electrons. The standard InChI is InChI=1S/C22H30N2O3S/c1-16(18-12-14-19(15-13-18)22(3,4)5)23-21(25)17(2)24(28(6,26)27)20-10-8-7-9-11-20/h7-17H,1-6H3,(H,23,25)/t16-,17+/m1/s1. The molecule has 5 nitrogen and oxygen atoms in total. The van der Waals surface area contributed by atoms with Gasteiger partial charge in [0.15, 0.2) is 0 Å². The quantitative estimate of drug-likeness (QED) is 0.794. The summed E-state index contributed by atoms with van der Waals surface area (Å²) in [5.74, 6) is -0.346. The normalized spacial score (nSPS) is 14.2. The number of anilines is 1. The van der Waals surface area contributed by atoms with Crippen LogP contribution in [-0.4, -0.2) is 26.6 Å². The van der Waals surface area contributed by atoms with Crippen molar-refractivity contribution in [3.8, 4) is 0 Å². The number of rotatable bonds is 6. The molecule has 0 fully saturated rings. The van der Waals surface area contributed by atoms with E-state index in [1.54, 1.807) is 37.3 Å². The molecular weight excluding hydrogens is 372 g/mol. The lowest BCUT2D eigenvalue weighted by Gasteiger charge is -2.29. The van der Waals surface area contributed by atoms with Gasteiger partial charge in [-0.25, -0.2) is 8.42 Å². The molecule has 2 atom stereocenters. The van der Waals surface area contributed by atoms with E-state index in [0.29, 0.717) is 5.69 Å². The Labute approximate surface area is 168 Å². The highest BCUT2D eigenvalue weighted by Crippen LogP contribution is 2.24. The fourth-order valence-electron chi connectivity index (χ4n) is 3.07. The lowest BCUT2D eigenvalue weighted by Crippen LogP contribution is -2.48. The number of hydrogen-bond donors (Lipinski definition) is 1. The Bertz CT molecular complexity index is 901. The van der Waals surface area contributed by atoms with E-state index < -0.39 is 16.1 Å². The summed E-state index contributed by atoms with van der Waals surface area (Å²) in [4.78, 5) is 12.8. The van der Waals surface area contributed by atoms with Crippen LogP contribution in [0.2, 0.25) is 0 Å². The van der Waals surface area contributed by atoms with Crippen LogP contribution >= 0.6 is 0 Å². The molecule has 0 saturated heterocycles. The van der Waals surface area contributed by atoms with Crippen molar-refractivity contribution in [3.63, 3.8) is 0 Å². The van der Waals surface area contributed by atoms with Gasteiger partial charge >= 0.3 is 0 Å². The maximum Gasteiger partial charge on any atom is 0.244 e. The van der Waals surface area contributed by atoms with Crippen LogP contribution in [0, 0.1) is 0 Å². The Kier molecular flexibility index (Phi) is 6.55. The molecule has 0 saturated carbocycles. The van der Waals surface area contributed by atoms with Gasteiger partial charge in [-0.2, -0.15) is 0 Å². The Balaban J connectivity index is 2.18. The lowest BCUT2D eigenvalue weighted by atomic mass is 9.86. The Morgan fingerprint density at radius 2 is 1.50 bits per heavy atom. The number of nitrogens with one attached hydrogen (secondary N) is 1. The highest BCUT2D eigenvalue weighted by Gasteiger charge is 2.29. The summed E-state index contributed by atoms with van der Waals surface area (Å²) in [5, 5.41) is 2.93. The van der Waals surface area contributed by atoms with Crippen molar-refractivity contribution >= 4 is 21.6 Å². The van der Waals surface area contributed by atoms with Gasteiger partial charge in [0.2, 0.25) is 15.9 Å². The number of nitrogens with zero attached hydrogens (tertiary/aromatic N) is 1. The van der Waals surface area contributed by atoms with E-state index in [4.69, 9.17) is 0 Å². The molecule has 0 aliphatic heterocycles. The van der Waals surface area contributed by atoms with Crippen molar-refractivity contribution in [2.75, 3.05) is 10.6 Å². The minimum absolute atomic E-state index is 0.0607. The number of hydrogen-bond acceptors (Lipinski definition) is 3. The van der Waals surface area contributed by atoms with Crippen LogP contribution in [-0.2, 0) is 20.2 Å². The molecule has 0 unspecified atom stereocenters. The largest absolute Gasteiger partial charge is 0.348 e. The number of carbonyl (C=O) groups is 1. The van der Waals surface area contributed by atoms with Gasteiger partial charge in [0.05, 0.1) is 18.0 Å². The van der Waals surface area contributed by atoms with E-state index >= 15 is 0 Å². The zero-order valence-corrected chi connectivity index (χ0v) is 18.2. The molecule has 2 rings (SSSR count). The zero-order chi connectivity index (χ0) is 21.1. The van der Waals surface area contributed by atoms with Crippen molar-refractivity contribution < 1.29 is 13.2 Å². The molecule has 0 aliphatic carbocycles. The van der Waals surface area contributed by atoms with Crippen molar-refractivity contribution in [2.24, 2.45) is 0 Å². The van der Waals surface area contributed by atoms with Crippen LogP contribution in [0.1, 0.15) is 51.8 Å². The third-order valence-electron chi connectivity index (χ3n) is 4.73. The third kappa shape index (κ3) is 5.35. The van der Waals surface area contributed by atoms with Crippen LogP contribution in [0.15, 0.2) is 54.6 Å². The van der Waals surface area contributed by atoms with E-state index in [-0.39, 0.29) is 17.4 Å². The third-order valence-corrected chi connectivity index (χ3v) is 5.98. The molecule has 0 spiro atoms. The first-order chi connectivity index (χ1) is 12.9. The highest BCUT2D eigenvalue weighted by molar-refractivity contribution is 7.92. The first kappa shape index (κ1) is 22.0. The summed E-state index contributed by atoms with van der Waals surface area (Å²) in [7, 11) is -3.61. The summed E-state index contributed by atoms with van der Waals surface area (Å²) in [5.41, 5.74) is 2.72. The maximum atomic E-state index is 12.8. The lowest BCUT2D eigenvalue weighted by molar-refractivity contribution is -0.122. The SMILES string of the molecule is C[C@@H](NC(=O)[C@H](C)N(c1ccccc1)S(C)(=O)=O)c1ccc(C(C)(C)C)cc1. The molecule has 2 aromatic rings. The molecule has 28 heavy (non-hydrogen) atoms. The summed E-state index contributed by atoms with van der Waals surface area (Å²) in [6, 6.07) is 15.7. The van der Waals surface area contributed by atoms with Crippen LogP contribution < -0.4 is 9.62 Å². The van der Waals surface area contributed by atoms with Crippen LogP contribution in [0.3, 0.4) is 0 Å². The fourth-order valence-corrected chi connectivity index (χ4v) is 4.25. The van der Waals surface area contributed by atoms with Crippen molar-refractivity contribution in [3.05, 3.63) is 65.7 Å². The van der Waals surface area contributed by atoms with Crippen molar-refractivity contribution in [2.45, 2.75) is 52.1 Å². The Morgan fingerprint density at radius 3 is 1.96 bits per heavy atom. The maximum absolute atomic E-state index is 12.8. The summed E-state index contributed by atoms with van der Waals surface area (Å²) < 4.78 is 25.8. The number of amides is 1. The topological polar surface area (TPSA) is 66.5 Å². The molecular formula is C22H30N2O3S. The fraction of sp³-hybridized carbons (Fsp3) is 0.409. The van der Waals surface area contributed by atoms with E-state index in [1.165, 1.54) is 5.56 Å². The Hall–Kier alpha value is -2.34. The molecule has 1 N–H and O–H groups in total. The van der Waals surface area contributed by atoms with Crippen molar-refractivity contribution in [1.82, 2.24) is 5.32 Å². The zero-order valence-electron chi connectivity index (χ0n) is 17.4. The van der Waals surface area contributed by atoms with Gasteiger partial charge in [-0.15, -0.1) is 0 Å². The van der Waals surface area contributed by atoms with Crippen LogP contribution in [0.4, 0.5) is 5.69 Å². The summed E-state index contributed by atoms with van der Waals surface area (Å²) >= 11 is 0. The molecule has 0 aliphatic rings. The van der Waals surface area contributed by atoms with Gasteiger partial charge in [0.25, 0.3) is 0 Å². The molecule has 0 radical (unpaired) electrons. The smallest absolute Gasteiger partial charge is 0.244 e. The molecule has 0 aromatic heterocycles. The molecule has 1 amide bonds. The summed E-state index contributed by atoms with van der Waals surface area (Å²) in [6.07, 6.45) is 1.11. The van der Waals surface area contributed by atoms with Gasteiger partial charge in [-0.1, -0.05) is 63.2 Å². The number of sulfonamides is 1. The van der Waals surface area contributed by atoms with E-state index in [9.17, 15) is 13.2 Å². The molecule has 6 heteroatoms. The average molecular weight is 403 g/mol. The second kappa shape index (κ2) is 8.35. The monoisotopic (exact) mass is 402 g/mol. The second-order valence-corrected chi connectivity index (χ2v) is 10.0. The van der Waals surface area contributed by atoms with Crippen LogP contribution in [0.5, 0.6) is 0 Å². The predicted molar refractivity (Wildman–Crippen MR) is 115 cm³/mol. The van der Waals surface area contributed by atoms with E-state index in [0.717, 1.165) is 16.1 Å². The molecule has 0 bridgehead atoms. The highest BCUT2D eigenvalue weighted by atomic mass is 32.2. The van der Waals surface area contributed by atoms with Gasteiger partial charge in [0.1, 0.15) is 6.04 Å². The van der Waals surface area contributed by atoms with Gasteiger partial charge in [0, 0.05) is 0 Å². The Morgan fingerprint density at radius 1 is 0.964 bits per heavy atom. The van der Waals surface area contributed by atoms with Crippen LogP contribution in [0.25, 0.3) is 0 Å². The number of benzene rings is 2. The molecule has 0 heterocycles. The number of carbonyl (C=O) groups excluding carboxylic acids is 1. The minimum atomic E-state index is -3.61. The van der Waals surface area contributed by atoms with Gasteiger partial charge in [-0.3, -0.25) is 9.10 Å². The van der Waals surface area contributed by atoms with E-state index in [1.807, 2.05) is 19.1 Å².